The molecule has 0 saturated heterocycles. The third-order valence-corrected chi connectivity index (χ3v) is 5.78. The van der Waals surface area contributed by atoms with Gasteiger partial charge in [-0.05, 0) is 59.6 Å². The summed E-state index contributed by atoms with van der Waals surface area (Å²) in [4.78, 5) is 43.8. The maximum Gasteiger partial charge on any atom is 0.410 e. The molecule has 2 rings (SSSR count). The maximum atomic E-state index is 12.6. The van der Waals surface area contributed by atoms with E-state index in [1.807, 2.05) is 48.5 Å². The molecule has 0 fully saturated rings. The van der Waals surface area contributed by atoms with E-state index in [2.05, 4.69) is 4.98 Å². The van der Waals surface area contributed by atoms with E-state index in [0.29, 0.717) is 18.1 Å². The molecule has 1 aromatic heterocycles. The lowest BCUT2D eigenvalue weighted by atomic mass is 9.84. The largest absolute Gasteiger partial charge is 0.476 e. The van der Waals surface area contributed by atoms with Crippen LogP contribution in [0.4, 0.5) is 4.79 Å². The Balaban J connectivity index is 2.23. The topological polar surface area (TPSA) is 104 Å². The summed E-state index contributed by atoms with van der Waals surface area (Å²) in [5, 5.41) is 0. The lowest BCUT2D eigenvalue weighted by molar-refractivity contribution is -0.168. The van der Waals surface area contributed by atoms with Gasteiger partial charge in [-0.25, -0.2) is 9.78 Å². The zero-order valence-corrected chi connectivity index (χ0v) is 21.2. The normalized spacial score (nSPS) is 14.5. The summed E-state index contributed by atoms with van der Waals surface area (Å²) in [6, 6.07) is -0.0695. The second-order valence-electron chi connectivity index (χ2n) is 9.62. The average Bonchev–Trinajstić information content (AvgIpc) is 3.14. The second-order valence-corrected chi connectivity index (χ2v) is 9.62. The zero-order valence-electron chi connectivity index (χ0n) is 21.2. The van der Waals surface area contributed by atoms with Gasteiger partial charge in [0.05, 0.1) is 20.8 Å². The van der Waals surface area contributed by atoms with Gasteiger partial charge in [0, 0.05) is 30.1 Å². The van der Waals surface area contributed by atoms with E-state index >= 15 is 0 Å². The molecule has 0 radical (unpaired) electrons. The molecule has 0 spiro atoms. The summed E-state index contributed by atoms with van der Waals surface area (Å²) < 4.78 is 21.3. The van der Waals surface area contributed by atoms with Crippen LogP contribution in [-0.4, -0.2) is 66.9 Å². The lowest BCUT2D eigenvalue weighted by Crippen LogP contribution is -2.43. The summed E-state index contributed by atoms with van der Waals surface area (Å²) in [5.41, 5.74) is 1.07. The molecule has 1 aliphatic carbocycles. The number of esters is 2. The summed E-state index contributed by atoms with van der Waals surface area (Å²) in [7, 11) is 2.52. The van der Waals surface area contributed by atoms with Crippen molar-refractivity contribution in [2.45, 2.75) is 73.0 Å². The molecule has 33 heavy (non-hydrogen) atoms. The number of hydrogen-bond donors (Lipinski definition) is 0. The van der Waals surface area contributed by atoms with Crippen molar-refractivity contribution < 1.29 is 33.3 Å². The van der Waals surface area contributed by atoms with Gasteiger partial charge in [-0.3, -0.25) is 9.59 Å². The number of aromatic nitrogens is 1. The van der Waals surface area contributed by atoms with Gasteiger partial charge in [0.1, 0.15) is 12.2 Å². The number of amides is 1. The Labute approximate surface area is 195 Å². The van der Waals surface area contributed by atoms with E-state index in [-0.39, 0.29) is 25.5 Å². The standard InChI is InChI=1S/C24H36N2O7/c1-14(2)26(22(29)33-23(5,6)7)10-11-32-19-15(3)17-12-24(20(27)30-8,21(28)31-9)13-18(17)16(4)25-19/h14H,10-13H2,1-9H3. The van der Waals surface area contributed by atoms with Gasteiger partial charge in [-0.15, -0.1) is 0 Å². The number of carbonyl (C=O) groups excluding carboxylic acids is 3. The van der Waals surface area contributed by atoms with Crippen molar-refractivity contribution in [1.82, 2.24) is 9.88 Å². The lowest BCUT2D eigenvalue weighted by Gasteiger charge is -2.30. The molecule has 1 aliphatic rings. The van der Waals surface area contributed by atoms with Crippen molar-refractivity contribution >= 4 is 18.0 Å². The fourth-order valence-corrected chi connectivity index (χ4v) is 4.04. The van der Waals surface area contributed by atoms with Gasteiger partial charge in [0.15, 0.2) is 5.41 Å². The molecule has 0 unspecified atom stereocenters. The van der Waals surface area contributed by atoms with Crippen LogP contribution in [0.25, 0.3) is 0 Å². The predicted molar refractivity (Wildman–Crippen MR) is 121 cm³/mol. The van der Waals surface area contributed by atoms with Crippen LogP contribution in [0.5, 0.6) is 5.88 Å². The van der Waals surface area contributed by atoms with Crippen molar-refractivity contribution in [3.05, 3.63) is 22.4 Å². The third-order valence-electron chi connectivity index (χ3n) is 5.78. The monoisotopic (exact) mass is 464 g/mol. The fraction of sp³-hybridized carbons (Fsp3) is 0.667. The molecule has 0 bridgehead atoms. The minimum absolute atomic E-state index is 0.0695. The van der Waals surface area contributed by atoms with Gasteiger partial charge in [-0.1, -0.05) is 0 Å². The highest BCUT2D eigenvalue weighted by atomic mass is 16.6. The molecule has 184 valence electrons. The molecular weight excluding hydrogens is 428 g/mol. The molecule has 0 N–H and O–H groups in total. The van der Waals surface area contributed by atoms with Crippen LogP contribution >= 0.6 is 0 Å². The van der Waals surface area contributed by atoms with Gasteiger partial charge in [-0.2, -0.15) is 0 Å². The van der Waals surface area contributed by atoms with Gasteiger partial charge in [0.2, 0.25) is 5.88 Å². The first-order valence-corrected chi connectivity index (χ1v) is 11.1. The number of hydrogen-bond acceptors (Lipinski definition) is 8. The van der Waals surface area contributed by atoms with Crippen LogP contribution in [-0.2, 0) is 36.6 Å². The smallest absolute Gasteiger partial charge is 0.410 e. The Bertz CT molecular complexity index is 902. The maximum absolute atomic E-state index is 12.6. The van der Waals surface area contributed by atoms with Crippen LogP contribution in [0.1, 0.15) is 57.0 Å². The number of rotatable bonds is 7. The van der Waals surface area contributed by atoms with Crippen molar-refractivity contribution in [2.75, 3.05) is 27.4 Å². The molecule has 1 heterocycles. The highest BCUT2D eigenvalue weighted by molar-refractivity contribution is 6.01. The van der Waals surface area contributed by atoms with Crippen molar-refractivity contribution in [3.63, 3.8) is 0 Å². The van der Waals surface area contributed by atoms with Crippen LogP contribution in [0.15, 0.2) is 0 Å². The molecule has 1 amide bonds. The minimum Gasteiger partial charge on any atom is -0.476 e. The van der Waals surface area contributed by atoms with Crippen LogP contribution in [0.3, 0.4) is 0 Å². The van der Waals surface area contributed by atoms with E-state index in [1.165, 1.54) is 14.2 Å². The number of aryl methyl sites for hydroxylation is 1. The number of nitrogens with zero attached hydrogens (tertiary/aromatic N) is 2. The summed E-state index contributed by atoms with van der Waals surface area (Å²) in [5.74, 6) is -0.849. The van der Waals surface area contributed by atoms with Crippen LogP contribution < -0.4 is 4.74 Å². The van der Waals surface area contributed by atoms with Gasteiger partial charge >= 0.3 is 18.0 Å². The van der Waals surface area contributed by atoms with Crippen molar-refractivity contribution in [2.24, 2.45) is 5.41 Å². The number of ether oxygens (including phenoxy) is 4. The molecule has 9 nitrogen and oxygen atoms in total. The summed E-state index contributed by atoms with van der Waals surface area (Å²) >= 11 is 0. The number of carbonyl (C=O) groups is 3. The van der Waals surface area contributed by atoms with Crippen molar-refractivity contribution in [3.8, 4) is 5.88 Å². The fourth-order valence-electron chi connectivity index (χ4n) is 4.04. The highest BCUT2D eigenvalue weighted by Crippen LogP contribution is 2.43. The molecule has 9 heteroatoms. The van der Waals surface area contributed by atoms with Crippen LogP contribution in [0.2, 0.25) is 0 Å². The molecule has 0 aliphatic heterocycles. The first-order valence-electron chi connectivity index (χ1n) is 11.1. The Hall–Kier alpha value is -2.84. The third kappa shape index (κ3) is 5.57. The minimum atomic E-state index is -1.42. The quantitative estimate of drug-likeness (QED) is 0.344. The molecule has 1 aromatic rings. The van der Waals surface area contributed by atoms with E-state index in [9.17, 15) is 14.4 Å². The summed E-state index contributed by atoms with van der Waals surface area (Å²) in [6.45, 7) is 13.5. The Morgan fingerprint density at radius 2 is 1.58 bits per heavy atom. The number of fused-ring (bicyclic) bond motifs is 1. The SMILES string of the molecule is COC(=O)C1(C(=O)OC)Cc2c(C)nc(OCCN(C(=O)OC(C)(C)C)C(C)C)c(C)c2C1. The Morgan fingerprint density at radius 3 is 2.06 bits per heavy atom. The van der Waals surface area contributed by atoms with E-state index in [0.717, 1.165) is 16.7 Å². The first kappa shape index (κ1) is 26.4. The molecule has 0 saturated carbocycles. The van der Waals surface area contributed by atoms with Gasteiger partial charge < -0.3 is 23.8 Å². The molecular formula is C24H36N2O7. The Morgan fingerprint density at radius 1 is 1.03 bits per heavy atom. The second kappa shape index (κ2) is 9.97. The number of methoxy groups -OCH3 is 2. The molecule has 0 aromatic carbocycles. The Kier molecular flexibility index (Phi) is 7.98. The zero-order chi connectivity index (χ0) is 25.1. The van der Waals surface area contributed by atoms with Gasteiger partial charge in [0.25, 0.3) is 0 Å². The van der Waals surface area contributed by atoms with E-state index in [4.69, 9.17) is 18.9 Å². The first-order chi connectivity index (χ1) is 15.3. The number of pyridine rings is 1. The van der Waals surface area contributed by atoms with Crippen LogP contribution in [0, 0.1) is 19.3 Å². The van der Waals surface area contributed by atoms with Crippen molar-refractivity contribution in [1.29, 1.82) is 0 Å². The predicted octanol–water partition coefficient (Wildman–Crippen LogP) is 3.15. The highest BCUT2D eigenvalue weighted by Gasteiger charge is 2.53. The molecule has 0 atom stereocenters. The average molecular weight is 465 g/mol. The van der Waals surface area contributed by atoms with E-state index in [1.54, 1.807) is 4.90 Å². The van der Waals surface area contributed by atoms with E-state index < -0.39 is 29.0 Å². The summed E-state index contributed by atoms with van der Waals surface area (Å²) in [6.07, 6.45) is -0.0816.